The first-order valence-electron chi connectivity index (χ1n) is 7.08. The van der Waals surface area contributed by atoms with Crippen molar-refractivity contribution in [3.63, 3.8) is 0 Å². The molecule has 0 bridgehead atoms. The number of hydrogen-bond acceptors (Lipinski definition) is 4. The Bertz CT molecular complexity index is 953. The van der Waals surface area contributed by atoms with Gasteiger partial charge in [0.15, 0.2) is 5.82 Å². The molecule has 3 rings (SSSR count). The molecule has 1 aromatic carbocycles. The van der Waals surface area contributed by atoms with Gasteiger partial charge in [-0.25, -0.2) is 4.98 Å². The van der Waals surface area contributed by atoms with Crippen molar-refractivity contribution < 1.29 is 31.1 Å². The van der Waals surface area contributed by atoms with E-state index in [1.807, 2.05) is 0 Å². The van der Waals surface area contributed by atoms with E-state index in [1.54, 1.807) is 0 Å². The van der Waals surface area contributed by atoms with Gasteiger partial charge < -0.3 is 4.74 Å². The van der Waals surface area contributed by atoms with E-state index in [9.17, 15) is 26.3 Å². The van der Waals surface area contributed by atoms with Crippen molar-refractivity contribution >= 4 is 22.9 Å². The van der Waals surface area contributed by atoms with Gasteiger partial charge in [-0.05, 0) is 12.1 Å². The van der Waals surface area contributed by atoms with Crippen molar-refractivity contribution in [2.75, 3.05) is 0 Å². The molecule has 0 aliphatic carbocycles. The fourth-order valence-corrected chi connectivity index (χ4v) is 2.88. The molecule has 0 aliphatic heterocycles. The number of benzene rings is 1. The normalized spacial score (nSPS) is 12.3. The fraction of sp³-hybridized carbons (Fsp3) is 0.125. The van der Waals surface area contributed by atoms with Gasteiger partial charge in [0.05, 0.1) is 5.56 Å². The van der Waals surface area contributed by atoms with Crippen molar-refractivity contribution in [2.24, 2.45) is 0 Å². The SMILES string of the molecule is FC(F)(F)c1ccc(-c2nc(Cl)cc(Oc3csc(C(F)(F)F)c3)n2)cc1. The lowest BCUT2D eigenvalue weighted by atomic mass is 10.1. The minimum absolute atomic E-state index is 0.0301. The molecule has 0 N–H and O–H groups in total. The Hall–Kier alpha value is -2.33. The molecule has 0 atom stereocenters. The molecule has 2 heterocycles. The predicted molar refractivity (Wildman–Crippen MR) is 86.9 cm³/mol. The zero-order chi connectivity index (χ0) is 19.8. The van der Waals surface area contributed by atoms with Crippen LogP contribution in [0.5, 0.6) is 11.6 Å². The number of thiophene rings is 1. The van der Waals surface area contributed by atoms with Gasteiger partial charge in [-0.2, -0.15) is 31.3 Å². The predicted octanol–water partition coefficient (Wildman–Crippen LogP) is 6.69. The van der Waals surface area contributed by atoms with Crippen LogP contribution in [0.4, 0.5) is 26.3 Å². The summed E-state index contributed by atoms with van der Waals surface area (Å²) in [5.74, 6) is -0.269. The molecule has 142 valence electrons. The highest BCUT2D eigenvalue weighted by atomic mass is 35.5. The second-order valence-corrected chi connectivity index (χ2v) is 6.47. The maximum atomic E-state index is 12.6. The topological polar surface area (TPSA) is 35.0 Å². The Labute approximate surface area is 157 Å². The number of nitrogens with zero attached hydrogens (tertiary/aromatic N) is 2. The van der Waals surface area contributed by atoms with Gasteiger partial charge in [0.2, 0.25) is 5.88 Å². The Balaban J connectivity index is 1.87. The van der Waals surface area contributed by atoms with E-state index in [4.69, 9.17) is 16.3 Å². The van der Waals surface area contributed by atoms with E-state index in [1.165, 1.54) is 6.07 Å². The largest absolute Gasteiger partial charge is 0.438 e. The van der Waals surface area contributed by atoms with Crippen LogP contribution in [0.25, 0.3) is 11.4 Å². The van der Waals surface area contributed by atoms with Crippen LogP contribution in [0.15, 0.2) is 41.8 Å². The first-order valence-corrected chi connectivity index (χ1v) is 8.34. The van der Waals surface area contributed by atoms with E-state index in [-0.39, 0.29) is 28.2 Å². The quantitative estimate of drug-likeness (QED) is 0.347. The Morgan fingerprint density at radius 3 is 2.11 bits per heavy atom. The van der Waals surface area contributed by atoms with Gasteiger partial charge in [0.25, 0.3) is 0 Å². The lowest BCUT2D eigenvalue weighted by molar-refractivity contribution is -0.137. The standard InChI is InChI=1S/C16H7ClF6N2OS/c17-12-6-13(26-10-5-11(27-7-10)16(21,22)23)25-14(24-12)8-1-3-9(4-2-8)15(18,19)20/h1-7H. The van der Waals surface area contributed by atoms with Crippen LogP contribution in [-0.4, -0.2) is 9.97 Å². The minimum atomic E-state index is -4.50. The van der Waals surface area contributed by atoms with E-state index >= 15 is 0 Å². The van der Waals surface area contributed by atoms with Crippen LogP contribution in [-0.2, 0) is 12.4 Å². The Kier molecular flexibility index (Phi) is 5.04. The van der Waals surface area contributed by atoms with E-state index in [0.29, 0.717) is 11.3 Å². The third-order valence-electron chi connectivity index (χ3n) is 3.22. The van der Waals surface area contributed by atoms with Crippen LogP contribution in [0.3, 0.4) is 0 Å². The van der Waals surface area contributed by atoms with Crippen LogP contribution < -0.4 is 4.74 Å². The Morgan fingerprint density at radius 1 is 0.889 bits per heavy atom. The maximum Gasteiger partial charge on any atom is 0.425 e. The van der Waals surface area contributed by atoms with Crippen molar-refractivity contribution in [2.45, 2.75) is 12.4 Å². The molecule has 2 aromatic heterocycles. The molecular weight excluding hydrogens is 418 g/mol. The van der Waals surface area contributed by atoms with Crippen molar-refractivity contribution in [3.05, 3.63) is 57.4 Å². The van der Waals surface area contributed by atoms with E-state index in [2.05, 4.69) is 9.97 Å². The summed E-state index contributed by atoms with van der Waals surface area (Å²) < 4.78 is 81.1. The molecule has 11 heteroatoms. The number of aromatic nitrogens is 2. The van der Waals surface area contributed by atoms with E-state index in [0.717, 1.165) is 35.7 Å². The van der Waals surface area contributed by atoms with Crippen LogP contribution in [0.1, 0.15) is 10.4 Å². The molecule has 0 saturated carbocycles. The summed E-state index contributed by atoms with van der Waals surface area (Å²) in [4.78, 5) is 7.04. The van der Waals surface area contributed by atoms with Crippen molar-refractivity contribution in [1.29, 1.82) is 0 Å². The molecule has 0 amide bonds. The first-order chi connectivity index (χ1) is 12.5. The first kappa shape index (κ1) is 19.4. The second kappa shape index (κ2) is 7.01. The van der Waals surface area contributed by atoms with Gasteiger partial charge in [0, 0.05) is 23.1 Å². The van der Waals surface area contributed by atoms with Gasteiger partial charge >= 0.3 is 12.4 Å². The number of halogens is 7. The average molecular weight is 425 g/mol. The van der Waals surface area contributed by atoms with Crippen molar-refractivity contribution in [3.8, 4) is 23.0 Å². The minimum Gasteiger partial charge on any atom is -0.438 e. The van der Waals surface area contributed by atoms with Gasteiger partial charge in [-0.1, -0.05) is 23.7 Å². The molecule has 0 fully saturated rings. The highest BCUT2D eigenvalue weighted by molar-refractivity contribution is 7.10. The highest BCUT2D eigenvalue weighted by Gasteiger charge is 2.33. The summed E-state index contributed by atoms with van der Waals surface area (Å²) in [7, 11) is 0. The van der Waals surface area contributed by atoms with Gasteiger partial charge in [-0.3, -0.25) is 0 Å². The average Bonchev–Trinajstić information content (AvgIpc) is 3.02. The van der Waals surface area contributed by atoms with Crippen LogP contribution in [0, 0.1) is 0 Å². The number of rotatable bonds is 3. The maximum absolute atomic E-state index is 12.6. The van der Waals surface area contributed by atoms with Gasteiger partial charge in [0.1, 0.15) is 15.8 Å². The molecular formula is C16H7ClF6N2OS. The monoisotopic (exact) mass is 424 g/mol. The highest BCUT2D eigenvalue weighted by Crippen LogP contribution is 2.38. The summed E-state index contributed by atoms with van der Waals surface area (Å²) in [6, 6.07) is 6.01. The molecule has 0 spiro atoms. The molecule has 3 nitrogen and oxygen atoms in total. The summed E-state index contributed by atoms with van der Waals surface area (Å²) >= 11 is 6.31. The summed E-state index contributed by atoms with van der Waals surface area (Å²) in [6.45, 7) is 0. The lowest BCUT2D eigenvalue weighted by Gasteiger charge is -2.08. The lowest BCUT2D eigenvalue weighted by Crippen LogP contribution is -2.04. The van der Waals surface area contributed by atoms with Gasteiger partial charge in [-0.15, -0.1) is 11.3 Å². The molecule has 0 aliphatic rings. The van der Waals surface area contributed by atoms with Crippen LogP contribution in [0.2, 0.25) is 5.15 Å². The summed E-state index contributed by atoms with van der Waals surface area (Å²) in [6.07, 6.45) is -8.99. The molecule has 0 saturated heterocycles. The number of ether oxygens (including phenoxy) is 1. The summed E-state index contributed by atoms with van der Waals surface area (Å²) in [5, 5.41) is 1.07. The zero-order valence-corrected chi connectivity index (χ0v) is 14.5. The molecule has 3 aromatic rings. The summed E-state index contributed by atoms with van der Waals surface area (Å²) in [5.41, 5.74) is -0.612. The van der Waals surface area contributed by atoms with Crippen molar-refractivity contribution in [1.82, 2.24) is 9.97 Å². The second-order valence-electron chi connectivity index (χ2n) is 5.17. The molecule has 0 radical (unpaired) electrons. The third-order valence-corrected chi connectivity index (χ3v) is 4.37. The Morgan fingerprint density at radius 2 is 1.56 bits per heavy atom. The molecule has 0 unspecified atom stereocenters. The number of alkyl halides is 6. The van der Waals surface area contributed by atoms with Crippen LogP contribution >= 0.6 is 22.9 Å². The number of hydrogen-bond donors (Lipinski definition) is 0. The molecule has 27 heavy (non-hydrogen) atoms. The van der Waals surface area contributed by atoms with E-state index < -0.39 is 22.8 Å². The smallest absolute Gasteiger partial charge is 0.425 e. The fourth-order valence-electron chi connectivity index (χ4n) is 2.03. The zero-order valence-electron chi connectivity index (χ0n) is 12.9. The third kappa shape index (κ3) is 4.69.